The number of carbonyl (C=O) groups excluding carboxylic acids is 1. The molecule has 30 heavy (non-hydrogen) atoms. The molecule has 1 atom stereocenters. The van der Waals surface area contributed by atoms with Gasteiger partial charge >= 0.3 is 0 Å². The molecule has 152 valence electrons. The number of rotatable bonds is 4. The molecule has 0 N–H and O–H groups in total. The molecule has 4 aromatic rings. The third-order valence-corrected chi connectivity index (χ3v) is 6.96. The summed E-state index contributed by atoms with van der Waals surface area (Å²) in [5.41, 5.74) is 2.90. The average molecular weight is 420 g/mol. The molecule has 3 aromatic heterocycles. The van der Waals surface area contributed by atoms with Crippen LogP contribution < -0.4 is 5.56 Å². The number of aromatic nitrogens is 3. The van der Waals surface area contributed by atoms with Crippen LogP contribution in [-0.2, 0) is 24.3 Å². The summed E-state index contributed by atoms with van der Waals surface area (Å²) < 4.78 is 7.96. The fraction of sp³-hybridized carbons (Fsp3) is 0.304. The molecule has 0 fully saturated rings. The molecule has 0 radical (unpaired) electrons. The van der Waals surface area contributed by atoms with Gasteiger partial charge in [0.25, 0.3) is 5.56 Å². The molecule has 0 amide bonds. The van der Waals surface area contributed by atoms with E-state index >= 15 is 0 Å². The van der Waals surface area contributed by atoms with Crippen LogP contribution in [0.3, 0.4) is 0 Å². The van der Waals surface area contributed by atoms with Crippen molar-refractivity contribution in [3.8, 4) is 0 Å². The van der Waals surface area contributed by atoms with Crippen LogP contribution in [-0.4, -0.2) is 25.9 Å². The van der Waals surface area contributed by atoms with Crippen LogP contribution in [0.4, 0.5) is 0 Å². The molecule has 0 bridgehead atoms. The van der Waals surface area contributed by atoms with Gasteiger partial charge < -0.3 is 4.74 Å². The molecule has 0 spiro atoms. The quantitative estimate of drug-likeness (QED) is 0.465. The SMILES string of the molecule is CCC1(C)Cc2nc3sc4c(=O)n(CC(=O)c5ccccc5)cnc4c3cc2CO1. The minimum absolute atomic E-state index is 0.0351. The van der Waals surface area contributed by atoms with E-state index in [-0.39, 0.29) is 23.5 Å². The first kappa shape index (κ1) is 19.1. The topological polar surface area (TPSA) is 74.1 Å². The van der Waals surface area contributed by atoms with Crippen molar-refractivity contribution in [2.75, 3.05) is 0 Å². The third kappa shape index (κ3) is 3.14. The van der Waals surface area contributed by atoms with E-state index < -0.39 is 0 Å². The van der Waals surface area contributed by atoms with Gasteiger partial charge in [0.05, 0.1) is 36.3 Å². The van der Waals surface area contributed by atoms with Gasteiger partial charge in [-0.2, -0.15) is 0 Å². The number of ketones is 1. The summed E-state index contributed by atoms with van der Waals surface area (Å²) in [5.74, 6) is -0.121. The van der Waals surface area contributed by atoms with E-state index in [1.807, 2.05) is 18.2 Å². The van der Waals surface area contributed by atoms with Crippen molar-refractivity contribution in [3.63, 3.8) is 0 Å². The van der Waals surface area contributed by atoms with E-state index in [4.69, 9.17) is 9.72 Å². The van der Waals surface area contributed by atoms with E-state index in [2.05, 4.69) is 24.9 Å². The van der Waals surface area contributed by atoms with E-state index in [0.717, 1.165) is 34.3 Å². The molecule has 4 heterocycles. The Labute approximate surface area is 177 Å². The molecule has 1 aromatic carbocycles. The zero-order chi connectivity index (χ0) is 20.9. The van der Waals surface area contributed by atoms with E-state index in [1.165, 1.54) is 22.2 Å². The van der Waals surface area contributed by atoms with Crippen molar-refractivity contribution in [3.05, 3.63) is 69.9 Å². The lowest BCUT2D eigenvalue weighted by atomic mass is 9.91. The normalized spacial score (nSPS) is 18.6. The number of hydrogen-bond acceptors (Lipinski definition) is 6. The molecule has 6 nitrogen and oxygen atoms in total. The summed E-state index contributed by atoms with van der Waals surface area (Å²) in [6.45, 7) is 4.71. The average Bonchev–Trinajstić information content (AvgIpc) is 3.13. The molecule has 1 aliphatic rings. The number of thiophene rings is 1. The Morgan fingerprint density at radius 3 is 2.87 bits per heavy atom. The minimum Gasteiger partial charge on any atom is -0.370 e. The summed E-state index contributed by atoms with van der Waals surface area (Å²) in [6.07, 6.45) is 3.13. The molecule has 5 rings (SSSR count). The number of nitrogens with zero attached hydrogens (tertiary/aromatic N) is 3. The Hall–Kier alpha value is -2.90. The fourth-order valence-corrected chi connectivity index (χ4v) is 4.90. The smallest absolute Gasteiger partial charge is 0.271 e. The second-order valence-corrected chi connectivity index (χ2v) is 8.96. The maximum absolute atomic E-state index is 13.1. The zero-order valence-corrected chi connectivity index (χ0v) is 17.7. The molecule has 1 aliphatic heterocycles. The number of Topliss-reactive ketones (excluding diaryl/α,β-unsaturated/α-hetero) is 1. The molecule has 0 saturated carbocycles. The van der Waals surface area contributed by atoms with Crippen LogP contribution in [0, 0.1) is 0 Å². The highest BCUT2D eigenvalue weighted by molar-refractivity contribution is 7.25. The summed E-state index contributed by atoms with van der Waals surface area (Å²) >= 11 is 1.35. The number of ether oxygens (including phenoxy) is 1. The second-order valence-electron chi connectivity index (χ2n) is 7.96. The van der Waals surface area contributed by atoms with Gasteiger partial charge in [-0.05, 0) is 19.4 Å². The lowest BCUT2D eigenvalue weighted by Crippen LogP contribution is -2.35. The Bertz CT molecular complexity index is 1340. The molecular weight excluding hydrogens is 398 g/mol. The maximum atomic E-state index is 13.1. The Balaban J connectivity index is 1.56. The number of benzene rings is 1. The van der Waals surface area contributed by atoms with Gasteiger partial charge in [-0.25, -0.2) is 9.97 Å². The van der Waals surface area contributed by atoms with Crippen LogP contribution in [0.25, 0.3) is 20.4 Å². The standard InChI is InChI=1S/C23H21N3O3S/c1-3-23(2)10-17-15(12-29-23)9-16-19-20(30-21(16)25-17)22(28)26(13-24-19)11-18(27)14-7-5-4-6-8-14/h4-9,13H,3,10-12H2,1-2H3. The number of fused-ring (bicyclic) bond motifs is 4. The number of pyridine rings is 1. The fourth-order valence-electron chi connectivity index (χ4n) is 3.82. The Kier molecular flexibility index (Phi) is 4.52. The Morgan fingerprint density at radius 1 is 1.30 bits per heavy atom. The summed E-state index contributed by atoms with van der Waals surface area (Å²) in [5, 5.41) is 0.871. The predicted octanol–water partition coefficient (Wildman–Crippen LogP) is 4.13. The van der Waals surface area contributed by atoms with Crippen LogP contribution >= 0.6 is 11.3 Å². The summed E-state index contributed by atoms with van der Waals surface area (Å²) in [4.78, 5) is 35.8. The first-order valence-electron chi connectivity index (χ1n) is 10.00. The lowest BCUT2D eigenvalue weighted by molar-refractivity contribution is -0.0573. The first-order valence-corrected chi connectivity index (χ1v) is 10.8. The van der Waals surface area contributed by atoms with Gasteiger partial charge in [0.15, 0.2) is 5.78 Å². The molecular formula is C23H21N3O3S. The van der Waals surface area contributed by atoms with Crippen LogP contribution in [0.5, 0.6) is 0 Å². The summed E-state index contributed by atoms with van der Waals surface area (Å²) in [6, 6.07) is 11.0. The predicted molar refractivity (Wildman–Crippen MR) is 117 cm³/mol. The minimum atomic E-state index is -0.208. The van der Waals surface area contributed by atoms with E-state index in [0.29, 0.717) is 22.4 Å². The molecule has 0 saturated heterocycles. The van der Waals surface area contributed by atoms with Crippen LogP contribution in [0.2, 0.25) is 0 Å². The van der Waals surface area contributed by atoms with E-state index in [9.17, 15) is 9.59 Å². The van der Waals surface area contributed by atoms with Gasteiger partial charge in [0.1, 0.15) is 9.53 Å². The van der Waals surface area contributed by atoms with Gasteiger partial charge in [0.2, 0.25) is 0 Å². The van der Waals surface area contributed by atoms with Crippen molar-refractivity contribution in [1.82, 2.24) is 14.5 Å². The van der Waals surface area contributed by atoms with Crippen molar-refractivity contribution < 1.29 is 9.53 Å². The van der Waals surface area contributed by atoms with Crippen LogP contribution in [0.1, 0.15) is 41.9 Å². The highest BCUT2D eigenvalue weighted by Gasteiger charge is 2.31. The van der Waals surface area contributed by atoms with E-state index in [1.54, 1.807) is 12.1 Å². The zero-order valence-electron chi connectivity index (χ0n) is 16.8. The van der Waals surface area contributed by atoms with Crippen molar-refractivity contribution in [2.45, 2.75) is 45.4 Å². The maximum Gasteiger partial charge on any atom is 0.271 e. The second kappa shape index (κ2) is 7.11. The van der Waals surface area contributed by atoms with Crippen molar-refractivity contribution in [2.24, 2.45) is 0 Å². The molecule has 7 heteroatoms. The molecule has 1 unspecified atom stereocenters. The number of hydrogen-bond donors (Lipinski definition) is 0. The first-order chi connectivity index (χ1) is 14.5. The van der Waals surface area contributed by atoms with Crippen LogP contribution in [0.15, 0.2) is 47.5 Å². The van der Waals surface area contributed by atoms with Crippen molar-refractivity contribution in [1.29, 1.82) is 0 Å². The Morgan fingerprint density at radius 2 is 2.10 bits per heavy atom. The largest absolute Gasteiger partial charge is 0.370 e. The van der Waals surface area contributed by atoms with Gasteiger partial charge in [0, 0.05) is 22.9 Å². The lowest BCUT2D eigenvalue weighted by Gasteiger charge is -2.33. The highest BCUT2D eigenvalue weighted by Crippen LogP contribution is 2.35. The monoisotopic (exact) mass is 419 g/mol. The summed E-state index contributed by atoms with van der Waals surface area (Å²) in [7, 11) is 0. The van der Waals surface area contributed by atoms with Gasteiger partial charge in [-0.1, -0.05) is 37.3 Å². The highest BCUT2D eigenvalue weighted by atomic mass is 32.1. The molecule has 0 aliphatic carbocycles. The van der Waals surface area contributed by atoms with Crippen molar-refractivity contribution >= 4 is 37.6 Å². The van der Waals surface area contributed by atoms with Gasteiger partial charge in [-0.3, -0.25) is 14.2 Å². The van der Waals surface area contributed by atoms with Gasteiger partial charge in [-0.15, -0.1) is 11.3 Å². The number of carbonyl (C=O) groups is 1. The third-order valence-electron chi connectivity index (χ3n) is 5.88.